The van der Waals surface area contributed by atoms with Crippen molar-refractivity contribution in [1.82, 2.24) is 0 Å². The average molecular weight is 427 g/mol. The Morgan fingerprint density at radius 2 is 0.909 bits per heavy atom. The maximum atomic E-state index is 12.8. The lowest BCUT2D eigenvalue weighted by Crippen LogP contribution is -2.16. The van der Waals surface area contributed by atoms with Crippen molar-refractivity contribution in [2.24, 2.45) is 0 Å². The minimum atomic E-state index is -0.488. The molecule has 0 aromatic heterocycles. The van der Waals surface area contributed by atoms with Crippen LogP contribution in [0.2, 0.25) is 0 Å². The number of nitrogen functional groups attached to an aromatic ring is 1. The van der Waals surface area contributed by atoms with E-state index in [-0.39, 0.29) is 16.8 Å². The molecule has 0 spiro atoms. The summed E-state index contributed by atoms with van der Waals surface area (Å²) in [4.78, 5) is 25.6. The maximum Gasteiger partial charge on any atom is 0.255 e. The SMILES string of the molecule is C#Cc1cc(C#C)cc(NC(=O)c2cc(N)cc(C(=O)Nc3cc(C#C)cc(C#C)c3)c2)c1. The highest BCUT2D eigenvalue weighted by atomic mass is 16.2. The molecule has 0 heterocycles. The molecule has 0 unspecified atom stereocenters. The molecule has 33 heavy (non-hydrogen) atoms. The third kappa shape index (κ3) is 5.42. The molecular weight excluding hydrogens is 410 g/mol. The Bertz CT molecular complexity index is 1280. The molecule has 156 valence electrons. The number of anilines is 3. The van der Waals surface area contributed by atoms with Crippen LogP contribution in [0.3, 0.4) is 0 Å². The zero-order chi connectivity index (χ0) is 24.0. The normalized spacial score (nSPS) is 9.45. The molecular formula is C28H17N3O2. The summed E-state index contributed by atoms with van der Waals surface area (Å²) < 4.78 is 0. The highest BCUT2D eigenvalue weighted by Crippen LogP contribution is 2.20. The smallest absolute Gasteiger partial charge is 0.255 e. The number of hydrogen-bond acceptors (Lipinski definition) is 3. The molecule has 0 aliphatic heterocycles. The van der Waals surface area contributed by atoms with Gasteiger partial charge in [0, 0.05) is 50.4 Å². The molecule has 3 aromatic carbocycles. The van der Waals surface area contributed by atoms with Gasteiger partial charge < -0.3 is 16.4 Å². The highest BCUT2D eigenvalue weighted by molar-refractivity contribution is 6.09. The monoisotopic (exact) mass is 427 g/mol. The first kappa shape index (κ1) is 22.3. The number of terminal acetylenes is 4. The van der Waals surface area contributed by atoms with Gasteiger partial charge in [-0.3, -0.25) is 9.59 Å². The number of benzene rings is 3. The van der Waals surface area contributed by atoms with E-state index in [9.17, 15) is 9.59 Å². The van der Waals surface area contributed by atoms with Gasteiger partial charge in [-0.05, 0) is 54.6 Å². The number of hydrogen-bond donors (Lipinski definition) is 3. The van der Waals surface area contributed by atoms with Crippen LogP contribution in [0.5, 0.6) is 0 Å². The second-order valence-electron chi connectivity index (χ2n) is 6.93. The molecule has 2 amide bonds. The van der Waals surface area contributed by atoms with E-state index < -0.39 is 11.8 Å². The first-order valence-electron chi connectivity index (χ1n) is 9.55. The van der Waals surface area contributed by atoms with E-state index in [0.29, 0.717) is 33.6 Å². The summed E-state index contributed by atoms with van der Waals surface area (Å²) >= 11 is 0. The Labute approximate surface area is 192 Å². The number of amides is 2. The second kappa shape index (κ2) is 9.63. The van der Waals surface area contributed by atoms with Gasteiger partial charge in [-0.1, -0.05) is 23.7 Å². The van der Waals surface area contributed by atoms with Crippen LogP contribution >= 0.6 is 0 Å². The molecule has 0 aliphatic rings. The lowest BCUT2D eigenvalue weighted by Gasteiger charge is -2.11. The predicted molar refractivity (Wildman–Crippen MR) is 131 cm³/mol. The lowest BCUT2D eigenvalue weighted by atomic mass is 10.1. The van der Waals surface area contributed by atoms with Crippen LogP contribution in [-0.4, -0.2) is 11.8 Å². The average Bonchev–Trinajstić information content (AvgIpc) is 2.82. The van der Waals surface area contributed by atoms with Crippen LogP contribution in [-0.2, 0) is 0 Å². The zero-order valence-corrected chi connectivity index (χ0v) is 17.4. The molecule has 5 heteroatoms. The number of nitrogens with two attached hydrogens (primary N) is 1. The minimum absolute atomic E-state index is 0.176. The summed E-state index contributed by atoms with van der Waals surface area (Å²) in [6, 6.07) is 14.1. The van der Waals surface area contributed by atoms with Crippen molar-refractivity contribution in [3.8, 4) is 49.4 Å². The van der Waals surface area contributed by atoms with Crippen molar-refractivity contribution in [3.05, 3.63) is 88.0 Å². The quantitative estimate of drug-likeness (QED) is 0.439. The lowest BCUT2D eigenvalue weighted by molar-refractivity contribution is 0.102. The fourth-order valence-corrected chi connectivity index (χ4v) is 3.05. The Morgan fingerprint density at radius 1 is 0.576 bits per heavy atom. The molecule has 0 saturated heterocycles. The molecule has 0 radical (unpaired) electrons. The van der Waals surface area contributed by atoms with Crippen molar-refractivity contribution >= 4 is 28.9 Å². The molecule has 3 rings (SSSR count). The minimum Gasteiger partial charge on any atom is -0.399 e. The third-order valence-corrected chi connectivity index (χ3v) is 4.53. The van der Waals surface area contributed by atoms with Crippen LogP contribution in [0.25, 0.3) is 0 Å². The van der Waals surface area contributed by atoms with E-state index in [0.717, 1.165) is 0 Å². The largest absolute Gasteiger partial charge is 0.399 e. The Balaban J connectivity index is 1.87. The van der Waals surface area contributed by atoms with Crippen LogP contribution in [0, 0.1) is 49.4 Å². The van der Waals surface area contributed by atoms with Crippen LogP contribution in [0.1, 0.15) is 43.0 Å². The summed E-state index contributed by atoms with van der Waals surface area (Å²) in [5.74, 6) is 8.96. The molecule has 0 fully saturated rings. The molecule has 3 aromatic rings. The number of carbonyl (C=O) groups is 2. The van der Waals surface area contributed by atoms with Gasteiger partial charge in [-0.2, -0.15) is 0 Å². The van der Waals surface area contributed by atoms with Crippen molar-refractivity contribution in [1.29, 1.82) is 0 Å². The maximum absolute atomic E-state index is 12.8. The van der Waals surface area contributed by atoms with Crippen molar-refractivity contribution in [2.75, 3.05) is 16.4 Å². The van der Waals surface area contributed by atoms with Gasteiger partial charge in [0.25, 0.3) is 11.8 Å². The predicted octanol–water partition coefficient (Wildman–Crippen LogP) is 3.70. The fourth-order valence-electron chi connectivity index (χ4n) is 3.05. The number of carbonyl (C=O) groups excluding carboxylic acids is 2. The molecule has 5 nitrogen and oxygen atoms in total. The standard InChI is InChI=1S/C28H17N3O2/c1-5-18-9-19(6-2)12-25(11-18)30-27(32)22-15-23(17-24(29)16-22)28(33)31-26-13-20(7-3)10-21(8-4)14-26/h1-4,9-17H,29H2,(H,30,32)(H,31,33). The molecule has 0 atom stereocenters. The van der Waals surface area contributed by atoms with E-state index >= 15 is 0 Å². The van der Waals surface area contributed by atoms with Gasteiger partial charge in [0.05, 0.1) is 0 Å². The van der Waals surface area contributed by atoms with E-state index in [4.69, 9.17) is 31.4 Å². The summed E-state index contributed by atoms with van der Waals surface area (Å²) in [6.45, 7) is 0. The fraction of sp³-hybridized carbons (Fsp3) is 0. The molecule has 0 saturated carbocycles. The van der Waals surface area contributed by atoms with E-state index in [1.165, 1.54) is 18.2 Å². The Kier molecular flexibility index (Phi) is 6.52. The van der Waals surface area contributed by atoms with Crippen LogP contribution < -0.4 is 16.4 Å². The van der Waals surface area contributed by atoms with E-state index in [1.807, 2.05) is 0 Å². The first-order chi connectivity index (χ1) is 15.8. The van der Waals surface area contributed by atoms with Gasteiger partial charge in [-0.25, -0.2) is 0 Å². The molecule has 0 aliphatic carbocycles. The number of rotatable bonds is 4. The molecule has 4 N–H and O–H groups in total. The van der Waals surface area contributed by atoms with Crippen LogP contribution in [0.15, 0.2) is 54.6 Å². The topological polar surface area (TPSA) is 84.2 Å². The second-order valence-corrected chi connectivity index (χ2v) is 6.93. The summed E-state index contributed by atoms with van der Waals surface area (Å²) in [6.07, 6.45) is 21.8. The van der Waals surface area contributed by atoms with E-state index in [1.54, 1.807) is 36.4 Å². The first-order valence-corrected chi connectivity index (χ1v) is 9.55. The number of nitrogens with one attached hydrogen (secondary N) is 2. The van der Waals surface area contributed by atoms with Gasteiger partial charge in [0.2, 0.25) is 0 Å². The molecule has 0 bridgehead atoms. The summed E-state index contributed by atoms with van der Waals surface area (Å²) in [5.41, 5.74) is 9.45. The van der Waals surface area contributed by atoms with Crippen molar-refractivity contribution in [2.45, 2.75) is 0 Å². The Hall–Kier alpha value is -5.36. The van der Waals surface area contributed by atoms with Crippen molar-refractivity contribution < 1.29 is 9.59 Å². The van der Waals surface area contributed by atoms with Crippen molar-refractivity contribution in [3.63, 3.8) is 0 Å². The van der Waals surface area contributed by atoms with Gasteiger partial charge >= 0.3 is 0 Å². The Morgan fingerprint density at radius 3 is 1.21 bits per heavy atom. The third-order valence-electron chi connectivity index (χ3n) is 4.53. The summed E-state index contributed by atoms with van der Waals surface area (Å²) in [7, 11) is 0. The van der Waals surface area contributed by atoms with Gasteiger partial charge in [0.1, 0.15) is 0 Å². The summed E-state index contributed by atoms with van der Waals surface area (Å²) in [5, 5.41) is 5.44. The van der Waals surface area contributed by atoms with Gasteiger partial charge in [0.15, 0.2) is 0 Å². The van der Waals surface area contributed by atoms with E-state index in [2.05, 4.69) is 34.3 Å². The van der Waals surface area contributed by atoms with Gasteiger partial charge in [-0.15, -0.1) is 25.7 Å². The zero-order valence-electron chi connectivity index (χ0n) is 17.4. The highest BCUT2D eigenvalue weighted by Gasteiger charge is 2.14. The van der Waals surface area contributed by atoms with Crippen LogP contribution in [0.4, 0.5) is 17.1 Å².